The van der Waals surface area contributed by atoms with Gasteiger partial charge in [-0.2, -0.15) is 0 Å². The Morgan fingerprint density at radius 3 is 2.56 bits per heavy atom. The third kappa shape index (κ3) is 5.55. The summed E-state index contributed by atoms with van der Waals surface area (Å²) in [5.74, 6) is 1.06. The molecule has 0 spiro atoms. The van der Waals surface area contributed by atoms with Crippen molar-refractivity contribution in [1.29, 1.82) is 0 Å². The summed E-state index contributed by atoms with van der Waals surface area (Å²) in [5.41, 5.74) is 2.20. The highest BCUT2D eigenvalue weighted by atomic mass is 16.1. The molecule has 0 aliphatic rings. The number of carbonyl (C=O) groups is 1. The minimum atomic E-state index is -0.231. The van der Waals surface area contributed by atoms with Gasteiger partial charge in [-0.1, -0.05) is 52.8 Å². The Morgan fingerprint density at radius 1 is 1.16 bits per heavy atom. The lowest BCUT2D eigenvalue weighted by Crippen LogP contribution is -2.19. The van der Waals surface area contributed by atoms with E-state index in [1.807, 2.05) is 24.3 Å². The van der Waals surface area contributed by atoms with E-state index < -0.39 is 0 Å². The molecule has 0 atom stereocenters. The predicted molar refractivity (Wildman–Crippen MR) is 103 cm³/mol. The van der Waals surface area contributed by atoms with Crippen molar-refractivity contribution in [2.45, 2.75) is 46.5 Å². The number of nitrogens with zero attached hydrogens (tertiary/aromatic N) is 2. The van der Waals surface area contributed by atoms with Gasteiger partial charge in [0.2, 0.25) is 0 Å². The second kappa shape index (κ2) is 8.10. The molecule has 0 aliphatic heterocycles. The molecule has 1 amide bonds. The van der Waals surface area contributed by atoms with Crippen LogP contribution < -0.4 is 10.6 Å². The first-order valence-corrected chi connectivity index (χ1v) is 8.74. The van der Waals surface area contributed by atoms with Crippen molar-refractivity contribution in [3.8, 4) is 0 Å². The summed E-state index contributed by atoms with van der Waals surface area (Å²) < 4.78 is 0. The van der Waals surface area contributed by atoms with E-state index in [2.05, 4.69) is 55.2 Å². The van der Waals surface area contributed by atoms with Crippen LogP contribution in [0.15, 0.2) is 36.7 Å². The summed E-state index contributed by atoms with van der Waals surface area (Å²) in [4.78, 5) is 20.9. The average Bonchev–Trinajstić information content (AvgIpc) is 2.54. The maximum atomic E-state index is 12.6. The first-order chi connectivity index (χ1) is 11.8. The summed E-state index contributed by atoms with van der Waals surface area (Å²) in [6.07, 6.45) is 2.47. The molecular formula is C20H28N4O. The number of carbonyl (C=O) groups excluding carboxylic acids is 1. The normalized spacial score (nSPS) is 11.4. The molecule has 0 radical (unpaired) electrons. The average molecular weight is 340 g/mol. The zero-order valence-corrected chi connectivity index (χ0v) is 15.8. The predicted octanol–water partition coefficient (Wildman–Crippen LogP) is 4.48. The van der Waals surface area contributed by atoms with Crippen molar-refractivity contribution in [2.75, 3.05) is 17.2 Å². The molecule has 25 heavy (non-hydrogen) atoms. The van der Waals surface area contributed by atoms with Crippen molar-refractivity contribution in [1.82, 2.24) is 9.97 Å². The largest absolute Gasteiger partial charge is 0.370 e. The number of rotatable bonds is 6. The van der Waals surface area contributed by atoms with Gasteiger partial charge in [-0.15, -0.1) is 0 Å². The highest BCUT2D eigenvalue weighted by molar-refractivity contribution is 6.03. The minimum absolute atomic E-state index is 0.0564. The van der Waals surface area contributed by atoms with Gasteiger partial charge in [0.05, 0.1) is 0 Å². The summed E-state index contributed by atoms with van der Waals surface area (Å²) in [7, 11) is 0. The molecule has 1 aromatic heterocycles. The van der Waals surface area contributed by atoms with Crippen LogP contribution >= 0.6 is 0 Å². The van der Waals surface area contributed by atoms with Crippen molar-refractivity contribution < 1.29 is 4.79 Å². The quantitative estimate of drug-likeness (QED) is 0.813. The number of anilines is 2. The van der Waals surface area contributed by atoms with E-state index in [1.54, 1.807) is 6.07 Å². The lowest BCUT2D eigenvalue weighted by Gasteiger charge is -2.22. The zero-order chi connectivity index (χ0) is 18.4. The fourth-order valence-corrected chi connectivity index (χ4v) is 2.50. The third-order valence-electron chi connectivity index (χ3n) is 3.91. The Kier molecular flexibility index (Phi) is 6.12. The number of aromatic nitrogens is 2. The first kappa shape index (κ1) is 18.9. The molecular weight excluding hydrogens is 312 g/mol. The third-order valence-corrected chi connectivity index (χ3v) is 3.91. The maximum absolute atomic E-state index is 12.6. The van der Waals surface area contributed by atoms with Crippen LogP contribution in [0.2, 0.25) is 0 Å². The Bertz CT molecular complexity index is 720. The van der Waals surface area contributed by atoms with E-state index in [0.29, 0.717) is 17.4 Å². The molecule has 0 saturated heterocycles. The van der Waals surface area contributed by atoms with E-state index >= 15 is 0 Å². The standard InChI is InChI=1S/C20H28N4O/c1-14(2)10-11-21-18-12-17(22-13-23-18)19(25)24-16-9-7-6-8-15(16)20(3,4)5/h6-9,12-14H,10-11H2,1-5H3,(H,24,25)(H,21,22,23). The summed E-state index contributed by atoms with van der Waals surface area (Å²) in [6, 6.07) is 9.55. The van der Waals surface area contributed by atoms with Crippen LogP contribution in [0.5, 0.6) is 0 Å². The van der Waals surface area contributed by atoms with Gasteiger partial charge in [0, 0.05) is 18.3 Å². The summed E-state index contributed by atoms with van der Waals surface area (Å²) in [6.45, 7) is 11.5. The highest BCUT2D eigenvalue weighted by Crippen LogP contribution is 2.29. The van der Waals surface area contributed by atoms with E-state index in [9.17, 15) is 4.79 Å². The number of nitrogens with one attached hydrogen (secondary N) is 2. The van der Waals surface area contributed by atoms with E-state index in [4.69, 9.17) is 0 Å². The second-order valence-corrected chi connectivity index (χ2v) is 7.65. The van der Waals surface area contributed by atoms with Gasteiger partial charge in [-0.05, 0) is 29.4 Å². The lowest BCUT2D eigenvalue weighted by molar-refractivity contribution is 0.102. The van der Waals surface area contributed by atoms with Crippen LogP contribution in [0.25, 0.3) is 0 Å². The van der Waals surface area contributed by atoms with Gasteiger partial charge in [-0.3, -0.25) is 4.79 Å². The smallest absolute Gasteiger partial charge is 0.274 e. The molecule has 0 unspecified atom stereocenters. The maximum Gasteiger partial charge on any atom is 0.274 e. The molecule has 0 aliphatic carbocycles. The molecule has 1 heterocycles. The molecule has 5 heteroatoms. The van der Waals surface area contributed by atoms with Gasteiger partial charge in [-0.25, -0.2) is 9.97 Å². The minimum Gasteiger partial charge on any atom is -0.370 e. The van der Waals surface area contributed by atoms with Crippen molar-refractivity contribution in [3.63, 3.8) is 0 Å². The van der Waals surface area contributed by atoms with E-state index in [-0.39, 0.29) is 11.3 Å². The van der Waals surface area contributed by atoms with Gasteiger partial charge >= 0.3 is 0 Å². The molecule has 5 nitrogen and oxygen atoms in total. The van der Waals surface area contributed by atoms with Crippen molar-refractivity contribution >= 4 is 17.4 Å². The molecule has 0 fully saturated rings. The molecule has 2 N–H and O–H groups in total. The van der Waals surface area contributed by atoms with Gasteiger partial charge in [0.1, 0.15) is 17.8 Å². The topological polar surface area (TPSA) is 66.9 Å². The van der Waals surface area contributed by atoms with Gasteiger partial charge in [0.15, 0.2) is 0 Å². The SMILES string of the molecule is CC(C)CCNc1cc(C(=O)Nc2ccccc2C(C)(C)C)ncn1. The molecule has 0 bridgehead atoms. The number of hydrogen-bond acceptors (Lipinski definition) is 4. The molecule has 1 aromatic carbocycles. The number of para-hydroxylation sites is 1. The van der Waals surface area contributed by atoms with Crippen LogP contribution in [0, 0.1) is 5.92 Å². The van der Waals surface area contributed by atoms with Crippen molar-refractivity contribution in [2.24, 2.45) is 5.92 Å². The van der Waals surface area contributed by atoms with Crippen LogP contribution in [-0.4, -0.2) is 22.4 Å². The monoisotopic (exact) mass is 340 g/mol. The summed E-state index contributed by atoms with van der Waals surface area (Å²) >= 11 is 0. The fraction of sp³-hybridized carbons (Fsp3) is 0.450. The second-order valence-electron chi connectivity index (χ2n) is 7.65. The van der Waals surface area contributed by atoms with Crippen LogP contribution in [0.4, 0.5) is 11.5 Å². The number of hydrogen-bond donors (Lipinski definition) is 2. The van der Waals surface area contributed by atoms with Crippen LogP contribution in [0.3, 0.4) is 0 Å². The Hall–Kier alpha value is -2.43. The zero-order valence-electron chi connectivity index (χ0n) is 15.8. The molecule has 134 valence electrons. The Morgan fingerprint density at radius 2 is 1.88 bits per heavy atom. The van der Waals surface area contributed by atoms with Crippen LogP contribution in [-0.2, 0) is 5.41 Å². The van der Waals surface area contributed by atoms with Gasteiger partial charge < -0.3 is 10.6 Å². The molecule has 0 saturated carbocycles. The first-order valence-electron chi connectivity index (χ1n) is 8.74. The molecule has 2 rings (SSSR count). The Labute approximate surface area is 150 Å². The lowest BCUT2D eigenvalue weighted by atomic mass is 9.86. The number of benzene rings is 1. The van der Waals surface area contributed by atoms with Crippen molar-refractivity contribution in [3.05, 3.63) is 47.9 Å². The van der Waals surface area contributed by atoms with E-state index in [0.717, 1.165) is 24.2 Å². The summed E-state index contributed by atoms with van der Waals surface area (Å²) in [5, 5.41) is 6.22. The fourth-order valence-electron chi connectivity index (χ4n) is 2.50. The van der Waals surface area contributed by atoms with Gasteiger partial charge in [0.25, 0.3) is 5.91 Å². The van der Waals surface area contributed by atoms with E-state index in [1.165, 1.54) is 6.33 Å². The molecule has 2 aromatic rings. The number of amides is 1. The van der Waals surface area contributed by atoms with Crippen LogP contribution in [0.1, 0.15) is 57.1 Å². The Balaban J connectivity index is 2.12. The highest BCUT2D eigenvalue weighted by Gasteiger charge is 2.19.